The molecule has 0 aliphatic rings. The summed E-state index contributed by atoms with van der Waals surface area (Å²) in [6.45, 7) is 4.31. The molecule has 0 bridgehead atoms. The number of methoxy groups -OCH3 is 1. The van der Waals surface area contributed by atoms with Crippen LogP contribution in [0.4, 0.5) is 0 Å². The number of rotatable bonds is 4. The topological polar surface area (TPSA) is 56.7 Å². The summed E-state index contributed by atoms with van der Waals surface area (Å²) in [5.74, 6) is 0.281. The molecule has 0 saturated carbocycles. The molecule has 27 heavy (non-hydrogen) atoms. The number of ether oxygens (including phenoxy) is 1. The van der Waals surface area contributed by atoms with Gasteiger partial charge < -0.3 is 13.7 Å². The lowest BCUT2D eigenvalue weighted by Crippen LogP contribution is -2.16. The maximum atomic E-state index is 12.7. The average molecular weight is 399 g/mol. The number of carbonyl (C=O) groups is 1. The van der Waals surface area contributed by atoms with Gasteiger partial charge in [0, 0.05) is 17.0 Å². The van der Waals surface area contributed by atoms with Gasteiger partial charge in [0.25, 0.3) is 0 Å². The molecule has 0 saturated heterocycles. The van der Waals surface area contributed by atoms with Gasteiger partial charge in [0.15, 0.2) is 21.9 Å². The predicted octanol–water partition coefficient (Wildman–Crippen LogP) is 5.04. The third-order valence-corrected chi connectivity index (χ3v) is 5.37. The summed E-state index contributed by atoms with van der Waals surface area (Å²) >= 11 is 7.48. The summed E-state index contributed by atoms with van der Waals surface area (Å²) in [5, 5.41) is 1.42. The van der Waals surface area contributed by atoms with Gasteiger partial charge in [0.05, 0.1) is 17.3 Å². The Labute approximate surface area is 163 Å². The van der Waals surface area contributed by atoms with E-state index in [1.54, 1.807) is 25.3 Å². The van der Waals surface area contributed by atoms with E-state index < -0.39 is 5.91 Å². The molecule has 0 aliphatic heterocycles. The monoisotopic (exact) mass is 398 g/mol. The number of carbonyl (C=O) groups excluding carboxylic acids is 1. The van der Waals surface area contributed by atoms with Crippen LogP contribution in [0.3, 0.4) is 0 Å². The Balaban J connectivity index is 1.84. The summed E-state index contributed by atoms with van der Waals surface area (Å²) in [6.07, 6.45) is 1.76. The number of amides is 1. The third kappa shape index (κ3) is 3.18. The number of benzene rings is 2. The largest absolute Gasteiger partial charge is 0.493 e. The molecular weight excluding hydrogens is 384 g/mol. The molecule has 2 aromatic carbocycles. The van der Waals surface area contributed by atoms with Crippen LogP contribution in [0.5, 0.6) is 5.75 Å². The Morgan fingerprint density at radius 1 is 1.37 bits per heavy atom. The number of nitrogens with zero attached hydrogens (tertiary/aromatic N) is 2. The SMILES string of the molecule is C=CCn1c(=NC(=O)c2cc3cccc(OC)c3o2)sc2cc(Cl)ccc21. The van der Waals surface area contributed by atoms with Crippen molar-refractivity contribution < 1.29 is 13.9 Å². The molecule has 0 N–H and O–H groups in total. The molecule has 0 unspecified atom stereocenters. The van der Waals surface area contributed by atoms with Crippen molar-refractivity contribution in [2.75, 3.05) is 7.11 Å². The van der Waals surface area contributed by atoms with Crippen molar-refractivity contribution in [2.24, 2.45) is 4.99 Å². The Morgan fingerprint density at radius 3 is 3.00 bits per heavy atom. The number of thiazole rings is 1. The molecule has 136 valence electrons. The average Bonchev–Trinajstić information content (AvgIpc) is 3.23. The van der Waals surface area contributed by atoms with Gasteiger partial charge in [-0.25, -0.2) is 0 Å². The van der Waals surface area contributed by atoms with Crippen LogP contribution in [0.2, 0.25) is 5.02 Å². The van der Waals surface area contributed by atoms with E-state index in [2.05, 4.69) is 11.6 Å². The first kappa shape index (κ1) is 17.6. The number of halogens is 1. The van der Waals surface area contributed by atoms with Crippen LogP contribution >= 0.6 is 22.9 Å². The molecule has 0 atom stereocenters. The number of hydrogen-bond donors (Lipinski definition) is 0. The van der Waals surface area contributed by atoms with Crippen molar-refractivity contribution in [1.82, 2.24) is 4.57 Å². The van der Waals surface area contributed by atoms with Crippen LogP contribution in [0.25, 0.3) is 21.2 Å². The van der Waals surface area contributed by atoms with Crippen molar-refractivity contribution in [1.29, 1.82) is 0 Å². The number of hydrogen-bond acceptors (Lipinski definition) is 4. The van der Waals surface area contributed by atoms with Gasteiger partial charge in [-0.3, -0.25) is 4.79 Å². The van der Waals surface area contributed by atoms with Gasteiger partial charge in [0.2, 0.25) is 0 Å². The second-order valence-corrected chi connectivity index (χ2v) is 7.25. The van der Waals surface area contributed by atoms with E-state index in [1.165, 1.54) is 11.3 Å². The molecule has 5 nitrogen and oxygen atoms in total. The first-order chi connectivity index (χ1) is 13.1. The van der Waals surface area contributed by atoms with Crippen molar-refractivity contribution in [3.8, 4) is 5.75 Å². The maximum Gasteiger partial charge on any atom is 0.315 e. The molecule has 4 rings (SSSR count). The van der Waals surface area contributed by atoms with E-state index in [1.807, 2.05) is 34.9 Å². The summed E-state index contributed by atoms with van der Waals surface area (Å²) in [4.78, 5) is 17.6. The van der Waals surface area contributed by atoms with Gasteiger partial charge in [-0.05, 0) is 30.3 Å². The molecule has 2 heterocycles. The first-order valence-electron chi connectivity index (χ1n) is 8.16. The lowest BCUT2D eigenvalue weighted by molar-refractivity contribution is 0.0973. The number of furan rings is 1. The zero-order chi connectivity index (χ0) is 19.0. The van der Waals surface area contributed by atoms with E-state index in [0.29, 0.717) is 27.7 Å². The molecule has 1 amide bonds. The lowest BCUT2D eigenvalue weighted by Gasteiger charge is -2.00. The quantitative estimate of drug-likeness (QED) is 0.452. The summed E-state index contributed by atoms with van der Waals surface area (Å²) in [5.41, 5.74) is 1.47. The van der Waals surface area contributed by atoms with E-state index in [9.17, 15) is 4.79 Å². The minimum absolute atomic E-state index is 0.162. The minimum Gasteiger partial charge on any atom is -0.493 e. The van der Waals surface area contributed by atoms with Crippen molar-refractivity contribution >= 4 is 50.0 Å². The van der Waals surface area contributed by atoms with Crippen LogP contribution in [-0.4, -0.2) is 17.6 Å². The van der Waals surface area contributed by atoms with Crippen LogP contribution < -0.4 is 9.54 Å². The normalized spacial score (nSPS) is 12.0. The maximum absolute atomic E-state index is 12.7. The van der Waals surface area contributed by atoms with Crippen LogP contribution in [0.15, 0.2) is 64.5 Å². The van der Waals surface area contributed by atoms with E-state index in [0.717, 1.165) is 15.6 Å². The van der Waals surface area contributed by atoms with Crippen molar-refractivity contribution in [3.05, 3.63) is 70.7 Å². The highest BCUT2D eigenvalue weighted by Crippen LogP contribution is 2.29. The zero-order valence-corrected chi connectivity index (χ0v) is 16.0. The molecule has 0 fully saturated rings. The van der Waals surface area contributed by atoms with Gasteiger partial charge in [0.1, 0.15) is 0 Å². The van der Waals surface area contributed by atoms with E-state index >= 15 is 0 Å². The zero-order valence-electron chi connectivity index (χ0n) is 14.4. The summed E-state index contributed by atoms with van der Waals surface area (Å²) in [6, 6.07) is 12.7. The molecule has 2 aromatic heterocycles. The molecule has 0 spiro atoms. The van der Waals surface area contributed by atoms with Crippen LogP contribution in [0.1, 0.15) is 10.6 Å². The Kier molecular flexibility index (Phi) is 4.59. The second-order valence-electron chi connectivity index (χ2n) is 5.80. The van der Waals surface area contributed by atoms with Gasteiger partial charge >= 0.3 is 5.91 Å². The standard InChI is InChI=1S/C20H15ClN2O3S/c1-3-9-23-14-8-7-13(21)11-17(14)27-20(23)22-19(24)16-10-12-5-4-6-15(25-2)18(12)26-16/h3-8,10-11H,1,9H2,2H3. The molecule has 7 heteroatoms. The summed E-state index contributed by atoms with van der Waals surface area (Å²) in [7, 11) is 1.56. The fourth-order valence-electron chi connectivity index (χ4n) is 2.88. The number of aromatic nitrogens is 1. The Morgan fingerprint density at radius 2 is 2.22 bits per heavy atom. The molecular formula is C20H15ClN2O3S. The lowest BCUT2D eigenvalue weighted by atomic mass is 10.2. The van der Waals surface area contributed by atoms with Crippen molar-refractivity contribution in [3.63, 3.8) is 0 Å². The van der Waals surface area contributed by atoms with Crippen LogP contribution in [-0.2, 0) is 6.54 Å². The second kappa shape index (κ2) is 7.06. The van der Waals surface area contributed by atoms with Gasteiger partial charge in [-0.1, -0.05) is 41.1 Å². The highest BCUT2D eigenvalue weighted by atomic mass is 35.5. The fraction of sp³-hybridized carbons (Fsp3) is 0.100. The molecule has 4 aromatic rings. The van der Waals surface area contributed by atoms with Crippen LogP contribution in [0, 0.1) is 0 Å². The van der Waals surface area contributed by atoms with Crippen molar-refractivity contribution in [2.45, 2.75) is 6.54 Å². The number of fused-ring (bicyclic) bond motifs is 2. The molecule has 0 radical (unpaired) electrons. The summed E-state index contributed by atoms with van der Waals surface area (Å²) < 4.78 is 13.9. The van der Waals surface area contributed by atoms with E-state index in [-0.39, 0.29) is 5.76 Å². The van der Waals surface area contributed by atoms with Gasteiger partial charge in [-0.15, -0.1) is 6.58 Å². The number of allylic oxidation sites excluding steroid dienone is 1. The predicted molar refractivity (Wildman–Crippen MR) is 108 cm³/mol. The highest BCUT2D eigenvalue weighted by molar-refractivity contribution is 7.16. The number of para-hydroxylation sites is 1. The van der Waals surface area contributed by atoms with Gasteiger partial charge in [-0.2, -0.15) is 4.99 Å². The third-order valence-electron chi connectivity index (χ3n) is 4.09. The highest BCUT2D eigenvalue weighted by Gasteiger charge is 2.15. The Bertz CT molecular complexity index is 1250. The first-order valence-corrected chi connectivity index (χ1v) is 9.35. The minimum atomic E-state index is -0.455. The van der Waals surface area contributed by atoms with E-state index in [4.69, 9.17) is 20.8 Å². The Hall–Kier alpha value is -2.83. The fourth-order valence-corrected chi connectivity index (χ4v) is 4.20. The smallest absolute Gasteiger partial charge is 0.315 e. The molecule has 0 aliphatic carbocycles.